The van der Waals surface area contributed by atoms with Gasteiger partial charge in [0.25, 0.3) is 5.91 Å². The Morgan fingerprint density at radius 1 is 1.17 bits per heavy atom. The molecule has 2 atom stereocenters. The first-order valence-electron chi connectivity index (χ1n) is 10.1. The van der Waals surface area contributed by atoms with E-state index < -0.39 is 22.2 Å². The number of aryl methyl sites for hydroxylation is 1. The van der Waals surface area contributed by atoms with Gasteiger partial charge in [-0.05, 0) is 12.5 Å². The lowest BCUT2D eigenvalue weighted by Crippen LogP contribution is -2.54. The lowest BCUT2D eigenvalue weighted by Gasteiger charge is -2.38. The van der Waals surface area contributed by atoms with E-state index in [9.17, 15) is 18.0 Å². The number of piperazine rings is 1. The van der Waals surface area contributed by atoms with E-state index in [-0.39, 0.29) is 18.4 Å². The van der Waals surface area contributed by atoms with Gasteiger partial charge in [-0.3, -0.25) is 14.5 Å². The van der Waals surface area contributed by atoms with Crippen LogP contribution in [0.5, 0.6) is 0 Å². The van der Waals surface area contributed by atoms with Gasteiger partial charge in [0.2, 0.25) is 15.9 Å². The molecule has 1 N–H and O–H groups in total. The molecule has 0 aromatic heterocycles. The van der Waals surface area contributed by atoms with Crippen molar-refractivity contribution in [2.24, 2.45) is 0 Å². The van der Waals surface area contributed by atoms with Crippen LogP contribution in [0.2, 0.25) is 0 Å². The van der Waals surface area contributed by atoms with E-state index in [2.05, 4.69) is 10.2 Å². The Hall–Kier alpha value is -2.01. The third kappa shape index (κ3) is 5.37. The van der Waals surface area contributed by atoms with Crippen molar-refractivity contribution < 1.29 is 22.7 Å². The number of morpholine rings is 1. The van der Waals surface area contributed by atoms with Crippen LogP contribution in [0.4, 0.5) is 0 Å². The van der Waals surface area contributed by atoms with Gasteiger partial charge in [-0.1, -0.05) is 29.8 Å². The third-order valence-corrected chi connectivity index (χ3v) is 6.99. The fraction of sp³-hybridized carbons (Fsp3) is 0.600. The molecule has 0 unspecified atom stereocenters. The SMILES string of the molecule is Cc1ccc([C@H]2[C@@H](C(=O)NCCN3CCN(S(C)(=O)=O)CC3)OCC(=O)N2C)cc1. The molecule has 166 valence electrons. The van der Waals surface area contributed by atoms with E-state index >= 15 is 0 Å². The van der Waals surface area contributed by atoms with Crippen LogP contribution in [0.25, 0.3) is 0 Å². The summed E-state index contributed by atoms with van der Waals surface area (Å²) in [6.45, 7) is 5.09. The van der Waals surface area contributed by atoms with Gasteiger partial charge < -0.3 is 15.0 Å². The Morgan fingerprint density at radius 3 is 2.40 bits per heavy atom. The Labute approximate surface area is 178 Å². The second-order valence-electron chi connectivity index (χ2n) is 7.89. The molecule has 0 bridgehead atoms. The van der Waals surface area contributed by atoms with Crippen molar-refractivity contribution in [2.45, 2.75) is 19.1 Å². The van der Waals surface area contributed by atoms with Gasteiger partial charge >= 0.3 is 0 Å². The zero-order valence-electron chi connectivity index (χ0n) is 17.7. The molecular formula is C20H30N4O5S. The average molecular weight is 439 g/mol. The summed E-state index contributed by atoms with van der Waals surface area (Å²) >= 11 is 0. The van der Waals surface area contributed by atoms with Crippen LogP contribution < -0.4 is 5.32 Å². The van der Waals surface area contributed by atoms with Gasteiger partial charge in [0.15, 0.2) is 6.10 Å². The summed E-state index contributed by atoms with van der Waals surface area (Å²) in [5.74, 6) is -0.414. The number of ether oxygens (including phenoxy) is 1. The van der Waals surface area contributed by atoms with Gasteiger partial charge in [-0.15, -0.1) is 0 Å². The number of rotatable bonds is 6. The highest BCUT2D eigenvalue weighted by atomic mass is 32.2. The molecule has 0 aliphatic carbocycles. The Bertz CT molecular complexity index is 866. The molecule has 0 spiro atoms. The molecule has 2 saturated heterocycles. The summed E-state index contributed by atoms with van der Waals surface area (Å²) < 4.78 is 30.3. The van der Waals surface area contributed by atoms with Gasteiger partial charge in [-0.2, -0.15) is 4.31 Å². The molecule has 1 aromatic rings. The first-order chi connectivity index (χ1) is 14.2. The number of carbonyl (C=O) groups excluding carboxylic acids is 2. The van der Waals surface area contributed by atoms with Crippen LogP contribution in [-0.2, 0) is 24.3 Å². The molecule has 2 fully saturated rings. The Balaban J connectivity index is 1.56. The maximum Gasteiger partial charge on any atom is 0.251 e. The quantitative estimate of drug-likeness (QED) is 0.648. The predicted octanol–water partition coefficient (Wildman–Crippen LogP) is -0.413. The molecule has 2 aliphatic heterocycles. The minimum absolute atomic E-state index is 0.121. The van der Waals surface area contributed by atoms with Crippen LogP contribution in [0.15, 0.2) is 24.3 Å². The highest BCUT2D eigenvalue weighted by Crippen LogP contribution is 2.29. The van der Waals surface area contributed by atoms with Gasteiger partial charge in [0.1, 0.15) is 6.61 Å². The topological polar surface area (TPSA) is 99.3 Å². The molecule has 0 radical (unpaired) electrons. The van der Waals surface area contributed by atoms with Crippen molar-refractivity contribution in [1.82, 2.24) is 19.4 Å². The van der Waals surface area contributed by atoms with Crippen LogP contribution >= 0.6 is 0 Å². The smallest absolute Gasteiger partial charge is 0.251 e. The number of nitrogens with one attached hydrogen (secondary N) is 1. The zero-order chi connectivity index (χ0) is 21.9. The van der Waals surface area contributed by atoms with Crippen LogP contribution in [0, 0.1) is 6.92 Å². The number of benzene rings is 1. The Morgan fingerprint density at radius 2 is 1.80 bits per heavy atom. The second kappa shape index (κ2) is 9.42. The number of nitrogens with zero attached hydrogens (tertiary/aromatic N) is 3. The molecule has 30 heavy (non-hydrogen) atoms. The van der Waals surface area contributed by atoms with Gasteiger partial charge in [0, 0.05) is 46.3 Å². The average Bonchev–Trinajstić information content (AvgIpc) is 2.70. The first kappa shape index (κ1) is 22.7. The van der Waals surface area contributed by atoms with E-state index in [0.29, 0.717) is 39.3 Å². The summed E-state index contributed by atoms with van der Waals surface area (Å²) in [5.41, 5.74) is 1.95. The summed E-state index contributed by atoms with van der Waals surface area (Å²) in [4.78, 5) is 28.7. The lowest BCUT2D eigenvalue weighted by molar-refractivity contribution is -0.162. The van der Waals surface area contributed by atoms with Crippen LogP contribution in [0.3, 0.4) is 0 Å². The minimum atomic E-state index is -3.15. The highest BCUT2D eigenvalue weighted by Gasteiger charge is 2.39. The largest absolute Gasteiger partial charge is 0.356 e. The molecule has 3 rings (SSSR count). The maximum atomic E-state index is 12.8. The Kier molecular flexibility index (Phi) is 7.12. The summed E-state index contributed by atoms with van der Waals surface area (Å²) in [5, 5.41) is 2.91. The zero-order valence-corrected chi connectivity index (χ0v) is 18.5. The number of hydrogen-bond acceptors (Lipinski definition) is 6. The summed E-state index contributed by atoms with van der Waals surface area (Å²) in [7, 11) is -1.46. The monoisotopic (exact) mass is 438 g/mol. The minimum Gasteiger partial charge on any atom is -0.356 e. The van der Waals surface area contributed by atoms with Crippen molar-refractivity contribution in [2.75, 3.05) is 59.2 Å². The molecule has 2 heterocycles. The number of hydrogen-bond donors (Lipinski definition) is 1. The highest BCUT2D eigenvalue weighted by molar-refractivity contribution is 7.88. The number of amides is 2. The van der Waals surface area contributed by atoms with E-state index in [1.165, 1.54) is 10.6 Å². The molecule has 10 heteroatoms. The standard InChI is InChI=1S/C20H30N4O5S/c1-15-4-6-16(7-5-15)18-19(29-14-17(25)22(18)2)20(26)21-8-9-23-10-12-24(13-11-23)30(3,27)28/h4-7,18-19H,8-14H2,1-3H3,(H,21,26)/t18-,19-/m0/s1. The van der Waals surface area contributed by atoms with E-state index in [1.54, 1.807) is 11.9 Å². The van der Waals surface area contributed by atoms with Crippen molar-refractivity contribution in [1.29, 1.82) is 0 Å². The number of likely N-dealkylation sites (N-methyl/N-ethyl adjacent to an activating group) is 1. The molecule has 9 nitrogen and oxygen atoms in total. The first-order valence-corrected chi connectivity index (χ1v) is 11.9. The van der Waals surface area contributed by atoms with Gasteiger partial charge in [0.05, 0.1) is 12.3 Å². The lowest BCUT2D eigenvalue weighted by atomic mass is 9.97. The number of sulfonamides is 1. The van der Waals surface area contributed by atoms with Crippen LogP contribution in [-0.4, -0.2) is 99.6 Å². The molecule has 2 amide bonds. The van der Waals surface area contributed by atoms with Gasteiger partial charge in [-0.25, -0.2) is 8.42 Å². The normalized spacial score (nSPS) is 24.1. The van der Waals surface area contributed by atoms with Crippen molar-refractivity contribution in [3.8, 4) is 0 Å². The van der Waals surface area contributed by atoms with Crippen LogP contribution in [0.1, 0.15) is 17.2 Å². The van der Waals surface area contributed by atoms with Crippen molar-refractivity contribution in [3.05, 3.63) is 35.4 Å². The predicted molar refractivity (Wildman–Crippen MR) is 112 cm³/mol. The fourth-order valence-corrected chi connectivity index (χ4v) is 4.64. The third-order valence-electron chi connectivity index (χ3n) is 5.69. The summed E-state index contributed by atoms with van der Waals surface area (Å²) in [6.07, 6.45) is 0.441. The summed E-state index contributed by atoms with van der Waals surface area (Å²) in [6, 6.07) is 7.26. The van der Waals surface area contributed by atoms with E-state index in [0.717, 1.165) is 11.1 Å². The number of carbonyl (C=O) groups is 2. The van der Waals surface area contributed by atoms with E-state index in [4.69, 9.17) is 4.74 Å². The molecule has 2 aliphatic rings. The second-order valence-corrected chi connectivity index (χ2v) is 9.87. The fourth-order valence-electron chi connectivity index (χ4n) is 3.82. The van der Waals surface area contributed by atoms with Crippen molar-refractivity contribution >= 4 is 21.8 Å². The molecule has 0 saturated carbocycles. The van der Waals surface area contributed by atoms with Crippen molar-refractivity contribution in [3.63, 3.8) is 0 Å². The molecular weight excluding hydrogens is 408 g/mol. The van der Waals surface area contributed by atoms with E-state index in [1.807, 2.05) is 31.2 Å². The maximum absolute atomic E-state index is 12.8. The molecule has 1 aromatic carbocycles.